The van der Waals surface area contributed by atoms with Crippen LogP contribution in [0.25, 0.3) is 10.8 Å². The van der Waals surface area contributed by atoms with E-state index >= 15 is 0 Å². The molecule has 1 saturated heterocycles. The first-order valence-electron chi connectivity index (χ1n) is 11.3. The number of primary amides is 1. The third-order valence-electron chi connectivity index (χ3n) is 5.88. The molecule has 1 aliphatic rings. The Morgan fingerprint density at radius 1 is 1.14 bits per heavy atom. The molecule has 1 heterocycles. The lowest BCUT2D eigenvalue weighted by molar-refractivity contribution is -0.143. The molecule has 0 radical (unpaired) electrons. The van der Waals surface area contributed by atoms with Gasteiger partial charge in [-0.2, -0.15) is 0 Å². The summed E-state index contributed by atoms with van der Waals surface area (Å²) in [6, 6.07) is 10.8. The molecule has 12 heteroatoms. The Labute approximate surface area is 208 Å². The number of carbonyl (C=O) groups is 3. The highest BCUT2D eigenvalue weighted by Crippen LogP contribution is 2.38. The second kappa shape index (κ2) is 12.0. The van der Waals surface area contributed by atoms with Crippen molar-refractivity contribution in [3.63, 3.8) is 0 Å². The molecule has 0 spiro atoms. The SMILES string of the molecule is NC(=O)C(Cc1ccc2ccccc2c1)NC(=O)C1CCCCN1C(=O)C(N)CSCP(=O)(O)O. The van der Waals surface area contributed by atoms with Crippen LogP contribution in [0.5, 0.6) is 0 Å². The molecule has 2 aromatic carbocycles. The van der Waals surface area contributed by atoms with Crippen molar-refractivity contribution in [1.82, 2.24) is 10.2 Å². The summed E-state index contributed by atoms with van der Waals surface area (Å²) in [5.41, 5.74) is 12.0. The monoisotopic (exact) mass is 522 g/mol. The molecule has 35 heavy (non-hydrogen) atoms. The first-order valence-corrected chi connectivity index (χ1v) is 14.3. The molecule has 10 nitrogen and oxygen atoms in total. The minimum Gasteiger partial charge on any atom is -0.368 e. The highest BCUT2D eigenvalue weighted by Gasteiger charge is 2.36. The Hall–Kier alpha value is -2.43. The van der Waals surface area contributed by atoms with E-state index in [0.29, 0.717) is 19.4 Å². The van der Waals surface area contributed by atoms with Crippen molar-refractivity contribution in [3.8, 4) is 0 Å². The van der Waals surface area contributed by atoms with Crippen LogP contribution in [0.1, 0.15) is 24.8 Å². The van der Waals surface area contributed by atoms with Gasteiger partial charge in [-0.15, -0.1) is 11.8 Å². The number of nitrogens with one attached hydrogen (secondary N) is 1. The van der Waals surface area contributed by atoms with E-state index in [9.17, 15) is 18.9 Å². The Bertz CT molecular complexity index is 1130. The molecule has 7 N–H and O–H groups in total. The van der Waals surface area contributed by atoms with E-state index in [1.165, 1.54) is 4.90 Å². The zero-order valence-electron chi connectivity index (χ0n) is 19.2. The summed E-state index contributed by atoms with van der Waals surface area (Å²) < 4.78 is 11.0. The molecular formula is C23H31N4O6PS. The summed E-state index contributed by atoms with van der Waals surface area (Å²) in [5.74, 6) is -1.60. The van der Waals surface area contributed by atoms with Crippen molar-refractivity contribution >= 4 is 47.9 Å². The van der Waals surface area contributed by atoms with E-state index in [4.69, 9.17) is 21.3 Å². The number of rotatable bonds is 10. The van der Waals surface area contributed by atoms with Gasteiger partial charge in [0.05, 0.1) is 11.5 Å². The maximum absolute atomic E-state index is 13.1. The average molecular weight is 523 g/mol. The summed E-state index contributed by atoms with van der Waals surface area (Å²) in [7, 11) is -4.21. The maximum Gasteiger partial charge on any atom is 0.335 e. The number of nitrogens with two attached hydrogens (primary N) is 2. The third-order valence-corrected chi connectivity index (χ3v) is 8.55. The molecule has 3 atom stereocenters. The van der Waals surface area contributed by atoms with Gasteiger partial charge in [-0.3, -0.25) is 18.9 Å². The first kappa shape index (κ1) is 27.2. The number of benzene rings is 2. The van der Waals surface area contributed by atoms with Gasteiger partial charge in [0.15, 0.2) is 0 Å². The van der Waals surface area contributed by atoms with Gasteiger partial charge in [0.25, 0.3) is 0 Å². The largest absolute Gasteiger partial charge is 0.368 e. The second-order valence-electron chi connectivity index (χ2n) is 8.66. The summed E-state index contributed by atoms with van der Waals surface area (Å²) >= 11 is 0.889. The Kier molecular flexibility index (Phi) is 9.32. The molecule has 0 aromatic heterocycles. The number of amides is 3. The first-order chi connectivity index (χ1) is 16.5. The highest BCUT2D eigenvalue weighted by molar-refractivity contribution is 8.04. The van der Waals surface area contributed by atoms with E-state index in [-0.39, 0.29) is 12.2 Å². The van der Waals surface area contributed by atoms with Crippen LogP contribution in [0.15, 0.2) is 42.5 Å². The number of nitrogens with zero attached hydrogens (tertiary/aromatic N) is 1. The summed E-state index contributed by atoms with van der Waals surface area (Å²) in [4.78, 5) is 57.6. The third kappa shape index (κ3) is 7.78. The number of carbonyl (C=O) groups excluding carboxylic acids is 3. The molecule has 0 saturated carbocycles. The average Bonchev–Trinajstić information content (AvgIpc) is 2.82. The maximum atomic E-state index is 13.1. The summed E-state index contributed by atoms with van der Waals surface area (Å²) in [6.07, 6.45) is 2.07. The minimum absolute atomic E-state index is 0.0145. The van der Waals surface area contributed by atoms with Gasteiger partial charge in [-0.1, -0.05) is 42.5 Å². The molecule has 2 aromatic rings. The van der Waals surface area contributed by atoms with E-state index in [0.717, 1.165) is 34.5 Å². The number of fused-ring (bicyclic) bond motifs is 1. The molecular weight excluding hydrogens is 491 g/mol. The van der Waals surface area contributed by atoms with Crippen LogP contribution in [0.2, 0.25) is 0 Å². The fraction of sp³-hybridized carbons (Fsp3) is 0.435. The van der Waals surface area contributed by atoms with Crippen molar-refractivity contribution in [2.75, 3.05) is 17.8 Å². The summed E-state index contributed by atoms with van der Waals surface area (Å²) in [6.45, 7) is 0.333. The number of hydrogen-bond donors (Lipinski definition) is 5. The van der Waals surface area contributed by atoms with Gasteiger partial charge in [0, 0.05) is 18.7 Å². The smallest absolute Gasteiger partial charge is 0.335 e. The number of hydrogen-bond acceptors (Lipinski definition) is 6. The number of likely N-dealkylation sites (tertiary alicyclic amines) is 1. The highest BCUT2D eigenvalue weighted by atomic mass is 32.2. The molecule has 0 bridgehead atoms. The lowest BCUT2D eigenvalue weighted by Crippen LogP contribution is -2.59. The lowest BCUT2D eigenvalue weighted by atomic mass is 9.98. The Balaban J connectivity index is 1.66. The van der Waals surface area contributed by atoms with Crippen molar-refractivity contribution in [3.05, 3.63) is 48.0 Å². The summed E-state index contributed by atoms with van der Waals surface area (Å²) in [5, 5.41) is 4.78. The van der Waals surface area contributed by atoms with Crippen LogP contribution < -0.4 is 16.8 Å². The van der Waals surface area contributed by atoms with Gasteiger partial charge in [0.2, 0.25) is 17.7 Å². The normalized spacial score (nSPS) is 18.1. The predicted molar refractivity (Wildman–Crippen MR) is 135 cm³/mol. The number of piperidine rings is 1. The van der Waals surface area contributed by atoms with Gasteiger partial charge in [0.1, 0.15) is 12.1 Å². The Morgan fingerprint density at radius 3 is 2.54 bits per heavy atom. The standard InChI is InChI=1S/C23H31N4O6PS/c24-18(13-35-14-34(31,32)33)23(30)27-10-4-3-7-20(27)22(29)26-19(21(25)28)12-15-8-9-16-5-1-2-6-17(16)11-15/h1-2,5-6,8-9,11,18-20H,3-4,7,10,12-14,24H2,(H2,25,28)(H,26,29)(H2,31,32,33). The number of thioether (sulfide) groups is 1. The molecule has 3 amide bonds. The Morgan fingerprint density at radius 2 is 1.86 bits per heavy atom. The molecule has 1 aliphatic heterocycles. The van der Waals surface area contributed by atoms with E-state index in [2.05, 4.69) is 5.32 Å². The van der Waals surface area contributed by atoms with Crippen LogP contribution in [0.4, 0.5) is 0 Å². The van der Waals surface area contributed by atoms with Crippen molar-refractivity contribution in [1.29, 1.82) is 0 Å². The molecule has 190 valence electrons. The van der Waals surface area contributed by atoms with E-state index in [1.54, 1.807) is 0 Å². The predicted octanol–water partition coefficient (Wildman–Crippen LogP) is 0.929. The zero-order valence-corrected chi connectivity index (χ0v) is 20.9. The zero-order chi connectivity index (χ0) is 25.6. The van der Waals surface area contributed by atoms with Gasteiger partial charge in [-0.25, -0.2) is 0 Å². The lowest BCUT2D eigenvalue weighted by Gasteiger charge is -2.36. The van der Waals surface area contributed by atoms with Crippen molar-refractivity contribution in [2.45, 2.75) is 43.8 Å². The van der Waals surface area contributed by atoms with Crippen LogP contribution in [-0.4, -0.2) is 68.3 Å². The fourth-order valence-corrected chi connectivity index (χ4v) is 5.91. The van der Waals surface area contributed by atoms with Crippen LogP contribution in [0, 0.1) is 0 Å². The van der Waals surface area contributed by atoms with Gasteiger partial charge in [-0.05, 0) is 35.6 Å². The topological polar surface area (TPSA) is 176 Å². The quantitative estimate of drug-likeness (QED) is 0.286. The van der Waals surface area contributed by atoms with Gasteiger partial charge < -0.3 is 31.5 Å². The fourth-order valence-electron chi connectivity index (χ4n) is 4.14. The minimum atomic E-state index is -4.21. The van der Waals surface area contributed by atoms with Crippen LogP contribution >= 0.6 is 19.4 Å². The molecule has 1 fully saturated rings. The molecule has 0 aliphatic carbocycles. The van der Waals surface area contributed by atoms with Crippen molar-refractivity contribution < 1.29 is 28.7 Å². The van der Waals surface area contributed by atoms with Gasteiger partial charge >= 0.3 is 7.60 Å². The molecule has 3 rings (SSSR count). The van der Waals surface area contributed by atoms with E-state index in [1.807, 2.05) is 42.5 Å². The van der Waals surface area contributed by atoms with E-state index < -0.39 is 48.9 Å². The van der Waals surface area contributed by atoms with Crippen molar-refractivity contribution in [2.24, 2.45) is 11.5 Å². The molecule has 3 unspecified atom stereocenters. The van der Waals surface area contributed by atoms with Crippen LogP contribution in [0.3, 0.4) is 0 Å². The second-order valence-corrected chi connectivity index (χ2v) is 11.8. The van der Waals surface area contributed by atoms with Crippen LogP contribution in [-0.2, 0) is 25.4 Å².